The minimum absolute atomic E-state index is 0.00841. The van der Waals surface area contributed by atoms with Crippen molar-refractivity contribution in [1.29, 1.82) is 0 Å². The minimum Gasteiger partial charge on any atom is -0.442 e. The third-order valence-electron chi connectivity index (χ3n) is 3.63. The summed E-state index contributed by atoms with van der Waals surface area (Å²) in [4.78, 5) is 36.1. The van der Waals surface area contributed by atoms with Crippen LogP contribution in [0, 0.1) is 13.8 Å². The minimum atomic E-state index is -0.440. The molecule has 0 bridgehead atoms. The van der Waals surface area contributed by atoms with Crippen molar-refractivity contribution in [1.82, 2.24) is 5.32 Å². The summed E-state index contributed by atoms with van der Waals surface area (Å²) in [5.74, 6) is -0.152. The molecule has 6 nitrogen and oxygen atoms in total. The monoisotopic (exact) mass is 304 g/mol. The number of cyclic esters (lactones) is 1. The number of ether oxygens (including phenoxy) is 1. The average Bonchev–Trinajstić information content (AvgIpc) is 2.76. The first-order valence-corrected chi connectivity index (χ1v) is 7.14. The maximum Gasteiger partial charge on any atom is 0.414 e. The van der Waals surface area contributed by atoms with Crippen LogP contribution in [-0.2, 0) is 9.53 Å². The zero-order valence-electron chi connectivity index (χ0n) is 13.2. The van der Waals surface area contributed by atoms with Gasteiger partial charge in [-0.15, -0.1) is 0 Å². The lowest BCUT2D eigenvalue weighted by molar-refractivity contribution is -0.119. The second-order valence-corrected chi connectivity index (χ2v) is 5.56. The van der Waals surface area contributed by atoms with Gasteiger partial charge in [0.25, 0.3) is 0 Å². The van der Waals surface area contributed by atoms with Crippen LogP contribution in [0.2, 0.25) is 0 Å². The molecule has 1 heterocycles. The molecular formula is C16H20N2O4. The summed E-state index contributed by atoms with van der Waals surface area (Å²) in [6, 6.07) is 3.62. The molecular weight excluding hydrogens is 284 g/mol. The lowest BCUT2D eigenvalue weighted by Crippen LogP contribution is -2.33. The number of hydrogen-bond acceptors (Lipinski definition) is 4. The maximum atomic E-state index is 12.0. The molecule has 0 radical (unpaired) electrons. The smallest absolute Gasteiger partial charge is 0.414 e. The van der Waals surface area contributed by atoms with Crippen molar-refractivity contribution in [3.05, 3.63) is 28.8 Å². The van der Waals surface area contributed by atoms with Crippen LogP contribution in [-0.4, -0.2) is 37.0 Å². The van der Waals surface area contributed by atoms with Gasteiger partial charge < -0.3 is 10.1 Å². The van der Waals surface area contributed by atoms with Crippen molar-refractivity contribution in [3.63, 3.8) is 0 Å². The SMILES string of the molecule is CC(=O)NCC1CN(c2cc(C)c(C(C)=O)c(C)c2)C(=O)O1. The van der Waals surface area contributed by atoms with Crippen LogP contribution in [0.4, 0.5) is 10.5 Å². The summed E-state index contributed by atoms with van der Waals surface area (Å²) < 4.78 is 5.24. The zero-order chi connectivity index (χ0) is 16.4. The molecule has 6 heteroatoms. The van der Waals surface area contributed by atoms with E-state index in [0.717, 1.165) is 11.1 Å². The first-order valence-electron chi connectivity index (χ1n) is 7.14. The lowest BCUT2D eigenvalue weighted by Gasteiger charge is -2.17. The third kappa shape index (κ3) is 3.27. The van der Waals surface area contributed by atoms with Gasteiger partial charge in [-0.05, 0) is 44.0 Å². The Balaban J connectivity index is 2.20. The van der Waals surface area contributed by atoms with Gasteiger partial charge in [-0.1, -0.05) is 0 Å². The second-order valence-electron chi connectivity index (χ2n) is 5.56. The van der Waals surface area contributed by atoms with Crippen molar-refractivity contribution in [3.8, 4) is 0 Å². The Hall–Kier alpha value is -2.37. The lowest BCUT2D eigenvalue weighted by atomic mass is 9.98. The predicted molar refractivity (Wildman–Crippen MR) is 82.2 cm³/mol. The van der Waals surface area contributed by atoms with Crippen LogP contribution < -0.4 is 10.2 Å². The van der Waals surface area contributed by atoms with Gasteiger partial charge in [0, 0.05) is 18.2 Å². The average molecular weight is 304 g/mol. The highest BCUT2D eigenvalue weighted by atomic mass is 16.6. The molecule has 1 aliphatic rings. The van der Waals surface area contributed by atoms with Gasteiger partial charge in [0.1, 0.15) is 6.10 Å². The molecule has 0 spiro atoms. The molecule has 0 aromatic heterocycles. The second kappa shape index (κ2) is 6.17. The number of benzene rings is 1. The summed E-state index contributed by atoms with van der Waals surface area (Å²) in [6.45, 7) is 7.32. The molecule has 1 aliphatic heterocycles. The van der Waals surface area contributed by atoms with E-state index in [0.29, 0.717) is 24.3 Å². The standard InChI is InChI=1S/C16H20N2O4/c1-9-5-13(6-10(2)15(9)11(3)19)18-8-14(22-16(18)21)7-17-12(4)20/h5-6,14H,7-8H2,1-4H3,(H,17,20). The molecule has 2 rings (SSSR count). The van der Waals surface area contributed by atoms with Crippen LogP contribution in [0.15, 0.2) is 12.1 Å². The molecule has 1 unspecified atom stereocenters. The van der Waals surface area contributed by atoms with Crippen LogP contribution in [0.25, 0.3) is 0 Å². The summed E-state index contributed by atoms with van der Waals surface area (Å²) in [6.07, 6.45) is -0.811. The largest absolute Gasteiger partial charge is 0.442 e. The Bertz CT molecular complexity index is 616. The molecule has 1 N–H and O–H groups in total. The number of nitrogens with zero attached hydrogens (tertiary/aromatic N) is 1. The van der Waals surface area contributed by atoms with Gasteiger partial charge >= 0.3 is 6.09 Å². The Morgan fingerprint density at radius 3 is 2.36 bits per heavy atom. The van der Waals surface area contributed by atoms with Crippen molar-refractivity contribution in [2.24, 2.45) is 0 Å². The quantitative estimate of drug-likeness (QED) is 0.863. The molecule has 22 heavy (non-hydrogen) atoms. The topological polar surface area (TPSA) is 75.7 Å². The number of hydrogen-bond donors (Lipinski definition) is 1. The van der Waals surface area contributed by atoms with E-state index < -0.39 is 6.09 Å². The summed E-state index contributed by atoms with van der Waals surface area (Å²) in [7, 11) is 0. The van der Waals surface area contributed by atoms with Gasteiger partial charge in [0.2, 0.25) is 5.91 Å². The van der Waals surface area contributed by atoms with Crippen LogP contribution in [0.1, 0.15) is 35.3 Å². The van der Waals surface area contributed by atoms with E-state index in [9.17, 15) is 14.4 Å². The van der Waals surface area contributed by atoms with E-state index in [1.165, 1.54) is 18.7 Å². The van der Waals surface area contributed by atoms with Gasteiger partial charge in [-0.25, -0.2) is 4.79 Å². The number of carbonyl (C=O) groups is 3. The highest BCUT2D eigenvalue weighted by molar-refractivity contribution is 5.98. The van der Waals surface area contributed by atoms with Gasteiger partial charge in [0.15, 0.2) is 5.78 Å². The van der Waals surface area contributed by atoms with E-state index in [1.54, 1.807) is 0 Å². The van der Waals surface area contributed by atoms with Crippen molar-refractivity contribution in [2.45, 2.75) is 33.8 Å². The van der Waals surface area contributed by atoms with Crippen LogP contribution in [0.3, 0.4) is 0 Å². The molecule has 0 saturated carbocycles. The fourth-order valence-corrected chi connectivity index (χ4v) is 2.75. The maximum absolute atomic E-state index is 12.0. The fraction of sp³-hybridized carbons (Fsp3) is 0.438. The number of nitrogens with one attached hydrogen (secondary N) is 1. The summed E-state index contributed by atoms with van der Waals surface area (Å²) >= 11 is 0. The van der Waals surface area contributed by atoms with E-state index in [2.05, 4.69) is 5.32 Å². The number of amides is 2. The van der Waals surface area contributed by atoms with Crippen molar-refractivity contribution < 1.29 is 19.1 Å². The summed E-state index contributed by atoms with van der Waals surface area (Å²) in [5.41, 5.74) is 3.06. The molecule has 1 aromatic rings. The van der Waals surface area contributed by atoms with Crippen LogP contribution in [0.5, 0.6) is 0 Å². The Morgan fingerprint density at radius 2 is 1.86 bits per heavy atom. The number of Topliss-reactive ketones (excluding diaryl/α,β-unsaturated/α-hetero) is 1. The number of rotatable bonds is 4. The van der Waals surface area contributed by atoms with Crippen molar-refractivity contribution >= 4 is 23.5 Å². The van der Waals surface area contributed by atoms with Gasteiger partial charge in [-0.3, -0.25) is 14.5 Å². The van der Waals surface area contributed by atoms with Gasteiger partial charge in [-0.2, -0.15) is 0 Å². The van der Waals surface area contributed by atoms with Crippen LogP contribution >= 0.6 is 0 Å². The molecule has 1 fully saturated rings. The number of ketones is 1. The fourth-order valence-electron chi connectivity index (χ4n) is 2.75. The van der Waals surface area contributed by atoms with E-state index in [4.69, 9.17) is 4.74 Å². The van der Waals surface area contributed by atoms with E-state index in [1.807, 2.05) is 26.0 Å². The Morgan fingerprint density at radius 1 is 1.27 bits per heavy atom. The number of anilines is 1. The highest BCUT2D eigenvalue weighted by Crippen LogP contribution is 2.27. The number of aryl methyl sites for hydroxylation is 2. The first-order chi connectivity index (χ1) is 10.3. The third-order valence-corrected chi connectivity index (χ3v) is 3.63. The van der Waals surface area contributed by atoms with Crippen molar-refractivity contribution in [2.75, 3.05) is 18.0 Å². The molecule has 1 saturated heterocycles. The van der Waals surface area contributed by atoms with E-state index >= 15 is 0 Å². The molecule has 0 aliphatic carbocycles. The predicted octanol–water partition coefficient (Wildman–Crippen LogP) is 1.97. The molecule has 1 aromatic carbocycles. The number of carbonyl (C=O) groups excluding carboxylic acids is 3. The zero-order valence-corrected chi connectivity index (χ0v) is 13.2. The normalized spacial score (nSPS) is 17.4. The summed E-state index contributed by atoms with van der Waals surface area (Å²) in [5, 5.41) is 2.64. The Labute approximate surface area is 129 Å². The Kier molecular flexibility index (Phi) is 4.49. The first kappa shape index (κ1) is 16.0. The van der Waals surface area contributed by atoms with Gasteiger partial charge in [0.05, 0.1) is 13.1 Å². The van der Waals surface area contributed by atoms with E-state index in [-0.39, 0.29) is 17.8 Å². The highest BCUT2D eigenvalue weighted by Gasteiger charge is 2.32. The molecule has 118 valence electrons. The molecule has 2 amide bonds. The molecule has 1 atom stereocenters.